The SMILES string of the molecule is CCCc1cccc(NC(=O)c2ccccc2OCCOc2ccccc2)c1. The van der Waals surface area contributed by atoms with Crippen molar-refractivity contribution in [2.75, 3.05) is 18.5 Å². The van der Waals surface area contributed by atoms with E-state index in [0.717, 1.165) is 24.3 Å². The van der Waals surface area contributed by atoms with E-state index in [4.69, 9.17) is 9.47 Å². The largest absolute Gasteiger partial charge is 0.490 e. The van der Waals surface area contributed by atoms with Gasteiger partial charge in [0.1, 0.15) is 24.7 Å². The molecule has 0 aliphatic heterocycles. The average Bonchev–Trinajstić information content (AvgIpc) is 2.73. The summed E-state index contributed by atoms with van der Waals surface area (Å²) in [7, 11) is 0. The summed E-state index contributed by atoms with van der Waals surface area (Å²) < 4.78 is 11.4. The van der Waals surface area contributed by atoms with E-state index >= 15 is 0 Å². The van der Waals surface area contributed by atoms with Crippen LogP contribution in [-0.2, 0) is 6.42 Å². The number of carbonyl (C=O) groups is 1. The monoisotopic (exact) mass is 375 g/mol. The number of anilines is 1. The van der Waals surface area contributed by atoms with Crippen LogP contribution in [0.2, 0.25) is 0 Å². The van der Waals surface area contributed by atoms with Crippen molar-refractivity contribution in [2.24, 2.45) is 0 Å². The number of benzene rings is 3. The molecule has 3 aromatic carbocycles. The molecule has 1 amide bonds. The lowest BCUT2D eigenvalue weighted by atomic mass is 10.1. The number of hydrogen-bond donors (Lipinski definition) is 1. The second-order valence-corrected chi connectivity index (χ2v) is 6.41. The maximum absolute atomic E-state index is 12.7. The Kier molecular flexibility index (Phi) is 7.08. The third kappa shape index (κ3) is 5.61. The zero-order valence-corrected chi connectivity index (χ0v) is 16.1. The zero-order valence-electron chi connectivity index (χ0n) is 16.1. The molecule has 0 atom stereocenters. The van der Waals surface area contributed by atoms with Gasteiger partial charge >= 0.3 is 0 Å². The second-order valence-electron chi connectivity index (χ2n) is 6.41. The zero-order chi connectivity index (χ0) is 19.6. The number of hydrogen-bond acceptors (Lipinski definition) is 3. The molecule has 0 spiro atoms. The van der Waals surface area contributed by atoms with Gasteiger partial charge in [-0.05, 0) is 48.4 Å². The molecule has 0 aromatic heterocycles. The standard InChI is InChI=1S/C24H25NO3/c1-2-9-19-10-8-11-20(18-19)25-24(26)22-14-6-7-15-23(22)28-17-16-27-21-12-4-3-5-13-21/h3-8,10-15,18H,2,9,16-17H2,1H3,(H,25,26). The summed E-state index contributed by atoms with van der Waals surface area (Å²) in [5, 5.41) is 2.96. The molecule has 4 heteroatoms. The molecule has 3 aromatic rings. The first kappa shape index (κ1) is 19.5. The van der Waals surface area contributed by atoms with Gasteiger partial charge in [-0.1, -0.05) is 55.8 Å². The first-order valence-corrected chi connectivity index (χ1v) is 9.56. The number of rotatable bonds is 9. The van der Waals surface area contributed by atoms with Crippen LogP contribution in [-0.4, -0.2) is 19.1 Å². The molecule has 0 aliphatic carbocycles. The fraction of sp³-hybridized carbons (Fsp3) is 0.208. The van der Waals surface area contributed by atoms with Gasteiger partial charge in [0.25, 0.3) is 5.91 Å². The molecule has 144 valence electrons. The van der Waals surface area contributed by atoms with Gasteiger partial charge in [-0.3, -0.25) is 4.79 Å². The molecule has 28 heavy (non-hydrogen) atoms. The minimum atomic E-state index is -0.187. The molecule has 0 saturated carbocycles. The number of carbonyl (C=O) groups excluding carboxylic acids is 1. The Bertz CT molecular complexity index is 893. The van der Waals surface area contributed by atoms with Gasteiger partial charge in [0, 0.05) is 5.69 Å². The Balaban J connectivity index is 1.59. The highest BCUT2D eigenvalue weighted by atomic mass is 16.5. The van der Waals surface area contributed by atoms with Gasteiger partial charge in [0.15, 0.2) is 0 Å². The number of aryl methyl sites for hydroxylation is 1. The fourth-order valence-electron chi connectivity index (χ4n) is 2.90. The highest BCUT2D eigenvalue weighted by molar-refractivity contribution is 6.06. The van der Waals surface area contributed by atoms with Crippen LogP contribution in [0.1, 0.15) is 29.3 Å². The summed E-state index contributed by atoms with van der Waals surface area (Å²) in [5.41, 5.74) is 2.50. The Hall–Kier alpha value is -3.27. The van der Waals surface area contributed by atoms with Gasteiger partial charge in [-0.25, -0.2) is 0 Å². The molecule has 3 rings (SSSR count). The first-order chi connectivity index (χ1) is 13.8. The maximum Gasteiger partial charge on any atom is 0.259 e. The molecule has 0 saturated heterocycles. The molecule has 0 aliphatic rings. The van der Waals surface area contributed by atoms with E-state index in [1.54, 1.807) is 12.1 Å². The lowest BCUT2D eigenvalue weighted by Crippen LogP contribution is -2.15. The quantitative estimate of drug-likeness (QED) is 0.513. The summed E-state index contributed by atoms with van der Waals surface area (Å²) in [5.74, 6) is 1.15. The van der Waals surface area contributed by atoms with Crippen molar-refractivity contribution in [3.8, 4) is 11.5 Å². The lowest BCUT2D eigenvalue weighted by Gasteiger charge is -2.13. The molecular weight excluding hydrogens is 350 g/mol. The third-order valence-electron chi connectivity index (χ3n) is 4.21. The Morgan fingerprint density at radius 1 is 0.857 bits per heavy atom. The predicted octanol–water partition coefficient (Wildman–Crippen LogP) is 5.35. The summed E-state index contributed by atoms with van der Waals surface area (Å²) in [6.07, 6.45) is 2.06. The fourth-order valence-corrected chi connectivity index (χ4v) is 2.90. The smallest absolute Gasteiger partial charge is 0.259 e. The van der Waals surface area contributed by atoms with Gasteiger partial charge in [0.2, 0.25) is 0 Å². The van der Waals surface area contributed by atoms with Crippen molar-refractivity contribution in [1.29, 1.82) is 0 Å². The number of amides is 1. The van der Waals surface area contributed by atoms with Crippen molar-refractivity contribution in [3.05, 3.63) is 90.0 Å². The van der Waals surface area contributed by atoms with Crippen LogP contribution < -0.4 is 14.8 Å². The molecule has 0 unspecified atom stereocenters. The van der Waals surface area contributed by atoms with Crippen molar-refractivity contribution in [2.45, 2.75) is 19.8 Å². The highest BCUT2D eigenvalue weighted by Gasteiger charge is 2.12. The normalized spacial score (nSPS) is 10.3. The van der Waals surface area contributed by atoms with Crippen LogP contribution in [0, 0.1) is 0 Å². The van der Waals surface area contributed by atoms with Crippen LogP contribution >= 0.6 is 0 Å². The average molecular weight is 375 g/mol. The molecular formula is C24H25NO3. The van der Waals surface area contributed by atoms with Gasteiger partial charge < -0.3 is 14.8 Å². The number of ether oxygens (including phenoxy) is 2. The van der Waals surface area contributed by atoms with Crippen LogP contribution in [0.25, 0.3) is 0 Å². The maximum atomic E-state index is 12.7. The van der Waals surface area contributed by atoms with Crippen molar-refractivity contribution < 1.29 is 14.3 Å². The third-order valence-corrected chi connectivity index (χ3v) is 4.21. The van der Waals surface area contributed by atoms with Crippen molar-refractivity contribution >= 4 is 11.6 Å². The van der Waals surface area contributed by atoms with E-state index in [-0.39, 0.29) is 5.91 Å². The molecule has 0 radical (unpaired) electrons. The van der Waals surface area contributed by atoms with Crippen molar-refractivity contribution in [3.63, 3.8) is 0 Å². The summed E-state index contributed by atoms with van der Waals surface area (Å²) in [4.78, 5) is 12.7. The highest BCUT2D eigenvalue weighted by Crippen LogP contribution is 2.20. The van der Waals surface area contributed by atoms with Crippen molar-refractivity contribution in [1.82, 2.24) is 0 Å². The van der Waals surface area contributed by atoms with Gasteiger partial charge in [-0.15, -0.1) is 0 Å². The summed E-state index contributed by atoms with van der Waals surface area (Å²) in [6, 6.07) is 24.8. The molecule has 0 bridgehead atoms. The lowest BCUT2D eigenvalue weighted by molar-refractivity contribution is 0.102. The van der Waals surface area contributed by atoms with Gasteiger partial charge in [-0.2, -0.15) is 0 Å². The van der Waals surface area contributed by atoms with E-state index in [2.05, 4.69) is 18.3 Å². The minimum Gasteiger partial charge on any atom is -0.490 e. The first-order valence-electron chi connectivity index (χ1n) is 9.56. The molecule has 1 N–H and O–H groups in total. The van der Waals surface area contributed by atoms with Crippen LogP contribution in [0.5, 0.6) is 11.5 Å². The number of nitrogens with one attached hydrogen (secondary N) is 1. The van der Waals surface area contributed by atoms with Gasteiger partial charge in [0.05, 0.1) is 5.56 Å². The van der Waals surface area contributed by atoms with Crippen LogP contribution in [0.4, 0.5) is 5.69 Å². The Morgan fingerprint density at radius 2 is 1.61 bits per heavy atom. The Morgan fingerprint density at radius 3 is 2.43 bits per heavy atom. The van der Waals surface area contributed by atoms with Crippen LogP contribution in [0.15, 0.2) is 78.9 Å². The van der Waals surface area contributed by atoms with Crippen LogP contribution in [0.3, 0.4) is 0 Å². The minimum absolute atomic E-state index is 0.187. The number of para-hydroxylation sites is 2. The topological polar surface area (TPSA) is 47.6 Å². The summed E-state index contributed by atoms with van der Waals surface area (Å²) >= 11 is 0. The van der Waals surface area contributed by atoms with E-state index in [1.807, 2.05) is 60.7 Å². The molecule has 4 nitrogen and oxygen atoms in total. The van der Waals surface area contributed by atoms with E-state index in [1.165, 1.54) is 5.56 Å². The predicted molar refractivity (Wildman–Crippen MR) is 112 cm³/mol. The Labute approximate surface area is 166 Å². The molecule has 0 fully saturated rings. The molecule has 0 heterocycles. The van der Waals surface area contributed by atoms with E-state index in [9.17, 15) is 4.79 Å². The van der Waals surface area contributed by atoms with E-state index in [0.29, 0.717) is 24.5 Å². The summed E-state index contributed by atoms with van der Waals surface area (Å²) in [6.45, 7) is 2.89. The van der Waals surface area contributed by atoms with E-state index < -0.39 is 0 Å². The second kappa shape index (κ2) is 10.2.